The molecule has 1 N–H and O–H groups in total. The third-order valence-corrected chi connectivity index (χ3v) is 6.52. The molecule has 3 rings (SSSR count). The van der Waals surface area contributed by atoms with Crippen LogP contribution < -0.4 is 4.72 Å². The van der Waals surface area contributed by atoms with Gasteiger partial charge in [0, 0.05) is 37.7 Å². The molecule has 1 saturated heterocycles. The zero-order valence-corrected chi connectivity index (χ0v) is 17.3. The van der Waals surface area contributed by atoms with Crippen LogP contribution in [0.3, 0.4) is 0 Å². The summed E-state index contributed by atoms with van der Waals surface area (Å²) in [6.45, 7) is 5.09. The average Bonchev–Trinajstić information content (AvgIpc) is 2.68. The van der Waals surface area contributed by atoms with Gasteiger partial charge in [0.25, 0.3) is 0 Å². The Bertz CT molecular complexity index is 913. The fourth-order valence-corrected chi connectivity index (χ4v) is 4.72. The number of hydrogen-bond donors (Lipinski definition) is 1. The Hall–Kier alpha value is -1.93. The first-order valence-electron chi connectivity index (χ1n) is 9.18. The van der Waals surface area contributed by atoms with Crippen molar-refractivity contribution in [3.8, 4) is 0 Å². The fourth-order valence-electron chi connectivity index (χ4n) is 3.23. The molecule has 1 fully saturated rings. The number of sulfonamides is 1. The lowest BCUT2D eigenvalue weighted by molar-refractivity contribution is -0.134. The quantitative estimate of drug-likeness (QED) is 0.777. The summed E-state index contributed by atoms with van der Waals surface area (Å²) in [6, 6.07) is 15.3. The lowest BCUT2D eigenvalue weighted by Crippen LogP contribution is -2.53. The van der Waals surface area contributed by atoms with Crippen molar-refractivity contribution in [1.29, 1.82) is 0 Å². The van der Waals surface area contributed by atoms with E-state index in [0.29, 0.717) is 18.1 Å². The molecule has 1 aliphatic rings. The zero-order valence-electron chi connectivity index (χ0n) is 15.7. The number of benzene rings is 2. The molecule has 0 aromatic heterocycles. The van der Waals surface area contributed by atoms with Crippen LogP contribution in [0.1, 0.15) is 12.5 Å². The van der Waals surface area contributed by atoms with E-state index < -0.39 is 16.1 Å². The molecule has 1 atom stereocenters. The number of amides is 1. The van der Waals surface area contributed by atoms with Gasteiger partial charge in [-0.15, -0.1) is 0 Å². The van der Waals surface area contributed by atoms with Gasteiger partial charge in [0.05, 0.1) is 10.9 Å². The molecule has 0 unspecified atom stereocenters. The van der Waals surface area contributed by atoms with Crippen LogP contribution in [-0.4, -0.2) is 56.3 Å². The maximum Gasteiger partial charge on any atom is 0.241 e. The average molecular weight is 422 g/mol. The molecule has 8 heteroatoms. The number of hydrogen-bond acceptors (Lipinski definition) is 4. The largest absolute Gasteiger partial charge is 0.339 e. The number of rotatable bonds is 6. The highest BCUT2D eigenvalue weighted by Gasteiger charge is 2.28. The lowest BCUT2D eigenvalue weighted by Gasteiger charge is -2.36. The van der Waals surface area contributed by atoms with Crippen LogP contribution in [0.15, 0.2) is 59.5 Å². The number of carbonyl (C=O) groups is 1. The van der Waals surface area contributed by atoms with E-state index in [2.05, 4.69) is 21.8 Å². The molecule has 0 spiro atoms. The molecule has 2 aromatic carbocycles. The third-order valence-electron chi connectivity index (χ3n) is 4.74. The highest BCUT2D eigenvalue weighted by Crippen LogP contribution is 2.16. The van der Waals surface area contributed by atoms with Crippen LogP contribution in [0.25, 0.3) is 0 Å². The number of nitrogens with one attached hydrogen (secondary N) is 1. The Morgan fingerprint density at radius 1 is 1.07 bits per heavy atom. The van der Waals surface area contributed by atoms with Gasteiger partial charge in [0.1, 0.15) is 0 Å². The predicted octanol–water partition coefficient (Wildman–Crippen LogP) is 2.35. The van der Waals surface area contributed by atoms with Gasteiger partial charge in [0.2, 0.25) is 15.9 Å². The van der Waals surface area contributed by atoms with Crippen LogP contribution >= 0.6 is 11.6 Å². The van der Waals surface area contributed by atoms with Crippen molar-refractivity contribution in [2.24, 2.45) is 0 Å². The monoisotopic (exact) mass is 421 g/mol. The maximum atomic E-state index is 12.7. The Balaban J connectivity index is 1.54. The number of carbonyl (C=O) groups excluding carboxylic acids is 1. The van der Waals surface area contributed by atoms with Gasteiger partial charge in [-0.05, 0) is 30.7 Å². The van der Waals surface area contributed by atoms with Crippen LogP contribution in [0.2, 0.25) is 5.02 Å². The second-order valence-corrected chi connectivity index (χ2v) is 9.04. The van der Waals surface area contributed by atoms with E-state index >= 15 is 0 Å². The van der Waals surface area contributed by atoms with E-state index in [1.807, 2.05) is 18.2 Å². The molecule has 1 aliphatic heterocycles. The number of piperazine rings is 1. The Morgan fingerprint density at radius 3 is 2.39 bits per heavy atom. The lowest BCUT2D eigenvalue weighted by atomic mass is 10.2. The summed E-state index contributed by atoms with van der Waals surface area (Å²) in [5.41, 5.74) is 1.24. The van der Waals surface area contributed by atoms with Crippen molar-refractivity contribution in [3.63, 3.8) is 0 Å². The summed E-state index contributed by atoms with van der Waals surface area (Å²) in [5.74, 6) is -0.218. The molecule has 6 nitrogen and oxygen atoms in total. The van der Waals surface area contributed by atoms with E-state index in [9.17, 15) is 13.2 Å². The van der Waals surface area contributed by atoms with Gasteiger partial charge in [-0.1, -0.05) is 48.0 Å². The van der Waals surface area contributed by atoms with Gasteiger partial charge in [0.15, 0.2) is 0 Å². The van der Waals surface area contributed by atoms with Crippen molar-refractivity contribution in [1.82, 2.24) is 14.5 Å². The minimum Gasteiger partial charge on any atom is -0.339 e. The summed E-state index contributed by atoms with van der Waals surface area (Å²) in [5, 5.41) is 0.330. The van der Waals surface area contributed by atoms with Crippen molar-refractivity contribution >= 4 is 27.5 Å². The maximum absolute atomic E-state index is 12.7. The first kappa shape index (κ1) is 20.8. The number of nitrogens with zero attached hydrogens (tertiary/aromatic N) is 2. The van der Waals surface area contributed by atoms with E-state index in [0.717, 1.165) is 19.6 Å². The molecular formula is C20H24ClN3O3S. The molecule has 1 heterocycles. The second-order valence-electron chi connectivity index (χ2n) is 6.89. The standard InChI is InChI=1S/C20H24ClN3O3S/c1-16(22-28(26,27)19-9-5-8-18(21)14-19)20(25)24-12-10-23(11-13-24)15-17-6-3-2-4-7-17/h2-9,14,16,22H,10-13,15H2,1H3/t16-/m0/s1. The summed E-state index contributed by atoms with van der Waals surface area (Å²) in [4.78, 5) is 16.7. The van der Waals surface area contributed by atoms with Gasteiger partial charge >= 0.3 is 0 Å². The normalized spacial score (nSPS) is 16.7. The second kappa shape index (κ2) is 9.05. The Kier molecular flexibility index (Phi) is 6.72. The first-order chi connectivity index (χ1) is 13.3. The minimum atomic E-state index is -3.81. The fraction of sp³-hybridized carbons (Fsp3) is 0.350. The molecule has 0 aliphatic carbocycles. The minimum absolute atomic E-state index is 0.0485. The highest BCUT2D eigenvalue weighted by atomic mass is 35.5. The van der Waals surface area contributed by atoms with Crippen molar-refractivity contribution in [3.05, 3.63) is 65.2 Å². The van der Waals surface area contributed by atoms with Gasteiger partial charge in [-0.25, -0.2) is 8.42 Å². The Labute approximate surface area is 171 Å². The van der Waals surface area contributed by atoms with Gasteiger partial charge < -0.3 is 4.90 Å². The van der Waals surface area contributed by atoms with E-state index in [1.165, 1.54) is 17.7 Å². The molecule has 0 bridgehead atoms. The summed E-state index contributed by atoms with van der Waals surface area (Å²) in [7, 11) is -3.81. The van der Waals surface area contributed by atoms with Crippen molar-refractivity contribution in [2.75, 3.05) is 26.2 Å². The van der Waals surface area contributed by atoms with Crippen LogP contribution in [0.5, 0.6) is 0 Å². The van der Waals surface area contributed by atoms with Gasteiger partial charge in [-0.3, -0.25) is 9.69 Å². The first-order valence-corrected chi connectivity index (χ1v) is 11.0. The summed E-state index contributed by atoms with van der Waals surface area (Å²) >= 11 is 5.87. The van der Waals surface area contributed by atoms with Crippen LogP contribution in [0.4, 0.5) is 0 Å². The molecule has 2 aromatic rings. The van der Waals surface area contributed by atoms with Crippen molar-refractivity contribution < 1.29 is 13.2 Å². The van der Waals surface area contributed by atoms with E-state index in [1.54, 1.807) is 24.0 Å². The highest BCUT2D eigenvalue weighted by molar-refractivity contribution is 7.89. The van der Waals surface area contributed by atoms with Crippen LogP contribution in [0, 0.1) is 0 Å². The molecule has 150 valence electrons. The van der Waals surface area contributed by atoms with Gasteiger partial charge in [-0.2, -0.15) is 4.72 Å². The molecule has 0 radical (unpaired) electrons. The van der Waals surface area contributed by atoms with Crippen molar-refractivity contribution in [2.45, 2.75) is 24.4 Å². The van der Waals surface area contributed by atoms with Crippen LogP contribution in [-0.2, 0) is 21.4 Å². The molecule has 1 amide bonds. The third kappa shape index (κ3) is 5.32. The molecule has 0 saturated carbocycles. The summed E-state index contributed by atoms with van der Waals surface area (Å²) < 4.78 is 27.4. The SMILES string of the molecule is C[C@H](NS(=O)(=O)c1cccc(Cl)c1)C(=O)N1CCN(Cc2ccccc2)CC1. The predicted molar refractivity (Wildman–Crippen MR) is 110 cm³/mol. The topological polar surface area (TPSA) is 69.7 Å². The van der Waals surface area contributed by atoms with E-state index in [-0.39, 0.29) is 10.8 Å². The zero-order chi connectivity index (χ0) is 20.1. The smallest absolute Gasteiger partial charge is 0.241 e. The summed E-state index contributed by atoms with van der Waals surface area (Å²) in [6.07, 6.45) is 0. The number of halogens is 1. The Morgan fingerprint density at radius 2 is 1.75 bits per heavy atom. The van der Waals surface area contributed by atoms with E-state index in [4.69, 9.17) is 11.6 Å². The molecule has 28 heavy (non-hydrogen) atoms. The molecular weight excluding hydrogens is 398 g/mol.